The van der Waals surface area contributed by atoms with Crippen LogP contribution < -0.4 is 0 Å². The fourth-order valence-corrected chi connectivity index (χ4v) is 4.96. The second kappa shape index (κ2) is 5.44. The van der Waals surface area contributed by atoms with Gasteiger partial charge in [0.05, 0.1) is 5.60 Å². The van der Waals surface area contributed by atoms with E-state index in [4.69, 9.17) is 5.11 Å². The molecule has 1 fully saturated rings. The molecule has 2 heterocycles. The number of carbonyl (C=O) groups is 1. The maximum absolute atomic E-state index is 12.4. The van der Waals surface area contributed by atoms with Crippen LogP contribution in [0.4, 0.5) is 0 Å². The van der Waals surface area contributed by atoms with Crippen LogP contribution in [-0.2, 0) is 10.0 Å². The van der Waals surface area contributed by atoms with Crippen LogP contribution in [0.25, 0.3) is 0 Å². The molecular weight excluding hydrogens is 302 g/mol. The summed E-state index contributed by atoms with van der Waals surface area (Å²) >= 11 is 0.757. The van der Waals surface area contributed by atoms with Crippen molar-refractivity contribution in [3.8, 4) is 0 Å². The van der Waals surface area contributed by atoms with Gasteiger partial charge in [-0.05, 0) is 38.3 Å². The summed E-state index contributed by atoms with van der Waals surface area (Å²) in [5.74, 6) is -1.13. The van der Waals surface area contributed by atoms with Gasteiger partial charge in [-0.3, -0.25) is 0 Å². The first kappa shape index (κ1) is 15.4. The quantitative estimate of drug-likeness (QED) is 0.877. The fraction of sp³-hybridized carbons (Fsp3) is 0.583. The van der Waals surface area contributed by atoms with Crippen molar-refractivity contribution in [2.75, 3.05) is 13.1 Å². The Morgan fingerprint density at radius 2 is 2.05 bits per heavy atom. The summed E-state index contributed by atoms with van der Waals surface area (Å²) in [5, 5.41) is 18.8. The van der Waals surface area contributed by atoms with Crippen molar-refractivity contribution in [3.63, 3.8) is 0 Å². The molecule has 0 amide bonds. The summed E-state index contributed by atoms with van der Waals surface area (Å²) in [6, 6.07) is 2.63. The number of aromatic carboxylic acids is 1. The molecule has 0 saturated carbocycles. The minimum absolute atomic E-state index is 0.00499. The van der Waals surface area contributed by atoms with Gasteiger partial charge in [0.25, 0.3) is 10.0 Å². The molecule has 0 radical (unpaired) electrons. The summed E-state index contributed by atoms with van der Waals surface area (Å²) in [6.45, 7) is 2.30. The third-order valence-corrected chi connectivity index (χ3v) is 6.85. The normalized spacial score (nSPS) is 25.3. The molecule has 0 bridgehead atoms. The van der Waals surface area contributed by atoms with Gasteiger partial charge in [-0.2, -0.15) is 4.31 Å². The molecule has 1 aromatic rings. The zero-order valence-electron chi connectivity index (χ0n) is 11.1. The van der Waals surface area contributed by atoms with Crippen molar-refractivity contribution < 1.29 is 23.4 Å². The van der Waals surface area contributed by atoms with E-state index >= 15 is 0 Å². The average molecular weight is 319 g/mol. The summed E-state index contributed by atoms with van der Waals surface area (Å²) in [7, 11) is -3.67. The van der Waals surface area contributed by atoms with Crippen molar-refractivity contribution in [1.82, 2.24) is 4.31 Å². The number of carboxylic acids is 1. The van der Waals surface area contributed by atoms with Crippen LogP contribution in [0, 0.1) is 0 Å². The molecule has 8 heteroatoms. The number of carboxylic acid groups (broad SMARTS) is 1. The molecule has 6 nitrogen and oxygen atoms in total. The van der Waals surface area contributed by atoms with Crippen LogP contribution in [0.1, 0.15) is 35.9 Å². The van der Waals surface area contributed by atoms with Crippen LogP contribution in [0.15, 0.2) is 16.3 Å². The van der Waals surface area contributed by atoms with Gasteiger partial charge in [0.2, 0.25) is 0 Å². The summed E-state index contributed by atoms with van der Waals surface area (Å²) in [6.07, 6.45) is 1.52. The topological polar surface area (TPSA) is 94.9 Å². The Morgan fingerprint density at radius 3 is 2.65 bits per heavy atom. The van der Waals surface area contributed by atoms with E-state index in [-0.39, 0.29) is 15.6 Å². The maximum atomic E-state index is 12.4. The summed E-state index contributed by atoms with van der Waals surface area (Å²) in [5.41, 5.74) is -0.841. The average Bonchev–Trinajstić information content (AvgIpc) is 2.76. The number of hydrogen-bond acceptors (Lipinski definition) is 5. The standard InChI is InChI=1S/C12H17NO5S2/c1-12(16)5-2-7-13(8-6-12)20(17,18)10-4-3-9(19-10)11(14)15/h3-4,16H,2,5-8H2,1H3,(H,14,15). The minimum Gasteiger partial charge on any atom is -0.477 e. The Kier molecular flexibility index (Phi) is 4.19. The zero-order chi connectivity index (χ0) is 15.0. The van der Waals surface area contributed by atoms with Crippen LogP contribution in [-0.4, -0.2) is 47.6 Å². The largest absolute Gasteiger partial charge is 0.477 e. The van der Waals surface area contributed by atoms with E-state index in [9.17, 15) is 18.3 Å². The molecule has 1 saturated heterocycles. The van der Waals surface area contributed by atoms with E-state index in [1.165, 1.54) is 16.4 Å². The third kappa shape index (κ3) is 3.20. The SMILES string of the molecule is CC1(O)CCCN(S(=O)(=O)c2ccc(C(=O)O)s2)CC1. The summed E-state index contributed by atoms with van der Waals surface area (Å²) < 4.78 is 26.3. The molecule has 0 spiro atoms. The van der Waals surface area contributed by atoms with E-state index in [1.807, 2.05) is 0 Å². The van der Waals surface area contributed by atoms with E-state index in [2.05, 4.69) is 0 Å². The molecule has 2 N–H and O–H groups in total. The van der Waals surface area contributed by atoms with Gasteiger partial charge in [-0.1, -0.05) is 0 Å². The lowest BCUT2D eigenvalue weighted by molar-refractivity contribution is 0.0465. The van der Waals surface area contributed by atoms with Crippen LogP contribution in [0.5, 0.6) is 0 Å². The highest BCUT2D eigenvalue weighted by Gasteiger charge is 2.32. The van der Waals surface area contributed by atoms with Crippen molar-refractivity contribution in [2.24, 2.45) is 0 Å². The van der Waals surface area contributed by atoms with Crippen LogP contribution in [0.3, 0.4) is 0 Å². The van der Waals surface area contributed by atoms with Crippen LogP contribution in [0.2, 0.25) is 0 Å². The Balaban J connectivity index is 2.23. The number of nitrogens with zero attached hydrogens (tertiary/aromatic N) is 1. The first-order chi connectivity index (χ1) is 9.22. The summed E-state index contributed by atoms with van der Waals surface area (Å²) in [4.78, 5) is 10.8. The Morgan fingerprint density at radius 1 is 1.35 bits per heavy atom. The molecule has 0 aliphatic carbocycles. The highest BCUT2D eigenvalue weighted by atomic mass is 32.2. The number of rotatable bonds is 3. The zero-order valence-corrected chi connectivity index (χ0v) is 12.7. The van der Waals surface area contributed by atoms with Gasteiger partial charge in [0.15, 0.2) is 0 Å². The predicted octanol–water partition coefficient (Wildman–Crippen LogP) is 1.37. The van der Waals surface area contributed by atoms with E-state index in [0.29, 0.717) is 25.8 Å². The molecule has 20 heavy (non-hydrogen) atoms. The van der Waals surface area contributed by atoms with Gasteiger partial charge in [0, 0.05) is 13.1 Å². The van der Waals surface area contributed by atoms with E-state index < -0.39 is 21.6 Å². The molecular formula is C12H17NO5S2. The lowest BCUT2D eigenvalue weighted by Gasteiger charge is -2.21. The first-order valence-electron chi connectivity index (χ1n) is 6.28. The highest BCUT2D eigenvalue weighted by molar-refractivity contribution is 7.91. The van der Waals surface area contributed by atoms with E-state index in [0.717, 1.165) is 11.3 Å². The van der Waals surface area contributed by atoms with Gasteiger partial charge in [0.1, 0.15) is 9.09 Å². The first-order valence-corrected chi connectivity index (χ1v) is 8.54. The van der Waals surface area contributed by atoms with Crippen molar-refractivity contribution in [3.05, 3.63) is 17.0 Å². The predicted molar refractivity (Wildman–Crippen MR) is 74.5 cm³/mol. The molecule has 1 aliphatic rings. The molecule has 1 aromatic heterocycles. The molecule has 1 aliphatic heterocycles. The Bertz CT molecular complexity index is 605. The Hall–Kier alpha value is -0.960. The van der Waals surface area contributed by atoms with Gasteiger partial charge in [-0.25, -0.2) is 13.2 Å². The van der Waals surface area contributed by atoms with Gasteiger partial charge in [-0.15, -0.1) is 11.3 Å². The van der Waals surface area contributed by atoms with Crippen molar-refractivity contribution in [1.29, 1.82) is 0 Å². The number of aliphatic hydroxyl groups is 1. The van der Waals surface area contributed by atoms with Gasteiger partial charge >= 0.3 is 5.97 Å². The second-order valence-corrected chi connectivity index (χ2v) is 8.43. The minimum atomic E-state index is -3.67. The van der Waals surface area contributed by atoms with Crippen LogP contribution >= 0.6 is 11.3 Å². The smallest absolute Gasteiger partial charge is 0.345 e. The highest BCUT2D eigenvalue weighted by Crippen LogP contribution is 2.29. The number of hydrogen-bond donors (Lipinski definition) is 2. The monoisotopic (exact) mass is 319 g/mol. The second-order valence-electron chi connectivity index (χ2n) is 5.18. The number of thiophene rings is 1. The molecule has 112 valence electrons. The molecule has 0 aromatic carbocycles. The molecule has 1 atom stereocenters. The van der Waals surface area contributed by atoms with Crippen molar-refractivity contribution in [2.45, 2.75) is 36.0 Å². The lowest BCUT2D eigenvalue weighted by atomic mass is 9.98. The van der Waals surface area contributed by atoms with Gasteiger partial charge < -0.3 is 10.2 Å². The van der Waals surface area contributed by atoms with E-state index in [1.54, 1.807) is 6.92 Å². The fourth-order valence-electron chi connectivity index (χ4n) is 2.18. The lowest BCUT2D eigenvalue weighted by Crippen LogP contribution is -2.33. The third-order valence-electron chi connectivity index (χ3n) is 3.41. The maximum Gasteiger partial charge on any atom is 0.345 e. The Labute approximate surface area is 121 Å². The van der Waals surface area contributed by atoms with Crippen molar-refractivity contribution >= 4 is 27.3 Å². The number of sulfonamides is 1. The molecule has 2 rings (SSSR count). The molecule has 1 unspecified atom stereocenters.